The van der Waals surface area contributed by atoms with Gasteiger partial charge in [0.25, 0.3) is 5.69 Å². The second-order valence-electron chi connectivity index (χ2n) is 3.36. The summed E-state index contributed by atoms with van der Waals surface area (Å²) in [6.07, 6.45) is 0. The van der Waals surface area contributed by atoms with Crippen LogP contribution in [-0.2, 0) is 0 Å². The Morgan fingerprint density at radius 2 is 1.76 bits per heavy atom. The van der Waals surface area contributed by atoms with Crippen molar-refractivity contribution in [2.75, 3.05) is 0 Å². The number of hydrogen-bond acceptors (Lipinski definition) is 5. The average molecular weight is 236 g/mol. The maximum absolute atomic E-state index is 10.4. The van der Waals surface area contributed by atoms with E-state index in [0.717, 1.165) is 6.07 Å². The molecule has 0 aliphatic carbocycles. The number of aromatic nitrogens is 1. The second-order valence-corrected chi connectivity index (χ2v) is 3.36. The van der Waals surface area contributed by atoms with Gasteiger partial charge >= 0.3 is 0 Å². The van der Waals surface area contributed by atoms with Crippen LogP contribution < -0.4 is 0 Å². The quantitative estimate of drug-likeness (QED) is 0.417. The van der Waals surface area contributed by atoms with Gasteiger partial charge < -0.3 is 15.4 Å². The summed E-state index contributed by atoms with van der Waals surface area (Å²) in [7, 11) is 0. The first kappa shape index (κ1) is 10.8. The Bertz CT molecular complexity index is 573. The van der Waals surface area contributed by atoms with E-state index in [1.807, 2.05) is 0 Å². The molecule has 7 heteroatoms. The fourth-order valence-electron chi connectivity index (χ4n) is 1.45. The van der Waals surface area contributed by atoms with Gasteiger partial charge in [0.15, 0.2) is 0 Å². The molecule has 2 aromatic rings. The fourth-order valence-corrected chi connectivity index (χ4v) is 1.45. The molecule has 88 valence electrons. The van der Waals surface area contributed by atoms with Crippen molar-refractivity contribution in [1.29, 1.82) is 0 Å². The van der Waals surface area contributed by atoms with Crippen molar-refractivity contribution < 1.29 is 20.3 Å². The number of hydrogen-bond donors (Lipinski definition) is 3. The van der Waals surface area contributed by atoms with Crippen molar-refractivity contribution in [3.63, 3.8) is 0 Å². The number of nitro groups is 1. The summed E-state index contributed by atoms with van der Waals surface area (Å²) in [5, 5.41) is 38.2. The van der Waals surface area contributed by atoms with E-state index in [0.29, 0.717) is 5.56 Å². The van der Waals surface area contributed by atoms with E-state index < -0.39 is 16.7 Å². The van der Waals surface area contributed by atoms with Crippen LogP contribution in [-0.4, -0.2) is 25.1 Å². The van der Waals surface area contributed by atoms with Crippen LogP contribution in [0.4, 0.5) is 5.69 Å². The smallest absolute Gasteiger partial charge is 0.269 e. The first-order valence-corrected chi connectivity index (χ1v) is 4.58. The molecule has 0 aliphatic heterocycles. The molecule has 0 radical (unpaired) electrons. The molecular weight excluding hydrogens is 228 g/mol. The highest BCUT2D eigenvalue weighted by atomic mass is 16.6. The number of nitrogens with zero attached hydrogens (tertiary/aromatic N) is 2. The third-order valence-electron chi connectivity index (χ3n) is 2.32. The lowest BCUT2D eigenvalue weighted by atomic mass is 10.1. The SMILES string of the molecule is O=[N+]([O-])c1ccc(-c2cc(O)n(O)c2O)cc1. The summed E-state index contributed by atoms with van der Waals surface area (Å²) in [5.74, 6) is -1.05. The largest absolute Gasteiger partial charge is 0.492 e. The molecule has 0 bridgehead atoms. The van der Waals surface area contributed by atoms with Crippen molar-refractivity contribution in [3.8, 4) is 22.9 Å². The number of benzene rings is 1. The number of nitro benzene ring substituents is 1. The highest BCUT2D eigenvalue weighted by Gasteiger charge is 2.15. The van der Waals surface area contributed by atoms with Crippen LogP contribution in [0, 0.1) is 10.1 Å². The summed E-state index contributed by atoms with van der Waals surface area (Å²) in [4.78, 5) is 9.90. The number of non-ortho nitro benzene ring substituents is 1. The van der Waals surface area contributed by atoms with E-state index in [9.17, 15) is 15.2 Å². The van der Waals surface area contributed by atoms with E-state index >= 15 is 0 Å². The fraction of sp³-hybridized carbons (Fsp3) is 0. The molecule has 7 nitrogen and oxygen atoms in total. The number of aromatic hydroxyl groups is 2. The van der Waals surface area contributed by atoms with E-state index in [1.165, 1.54) is 24.3 Å². The van der Waals surface area contributed by atoms with Gasteiger partial charge in [-0.3, -0.25) is 10.1 Å². The molecule has 0 fully saturated rings. The van der Waals surface area contributed by atoms with Gasteiger partial charge in [-0.05, 0) is 17.7 Å². The Kier molecular flexibility index (Phi) is 2.36. The van der Waals surface area contributed by atoms with Crippen LogP contribution in [0.25, 0.3) is 11.1 Å². The predicted octanol–water partition coefficient (Wildman–Crippen LogP) is 1.71. The van der Waals surface area contributed by atoms with Crippen molar-refractivity contribution in [3.05, 3.63) is 40.4 Å². The molecule has 0 spiro atoms. The van der Waals surface area contributed by atoms with Gasteiger partial charge in [0, 0.05) is 18.2 Å². The Hall–Kier alpha value is -2.70. The molecule has 17 heavy (non-hydrogen) atoms. The molecule has 0 atom stereocenters. The third-order valence-corrected chi connectivity index (χ3v) is 2.32. The topological polar surface area (TPSA) is 109 Å². The molecule has 0 saturated carbocycles. The summed E-state index contributed by atoms with van der Waals surface area (Å²) >= 11 is 0. The molecule has 1 aromatic carbocycles. The number of rotatable bonds is 2. The molecule has 3 N–H and O–H groups in total. The Balaban J connectivity index is 2.47. The molecule has 2 rings (SSSR count). The second kappa shape index (κ2) is 3.71. The molecule has 0 saturated heterocycles. The summed E-state index contributed by atoms with van der Waals surface area (Å²) < 4.78 is 0.219. The predicted molar refractivity (Wildman–Crippen MR) is 57.0 cm³/mol. The minimum Gasteiger partial charge on any atom is -0.492 e. The van der Waals surface area contributed by atoms with Crippen LogP contribution in [0.1, 0.15) is 0 Å². The van der Waals surface area contributed by atoms with Crippen LogP contribution in [0.2, 0.25) is 0 Å². The zero-order chi connectivity index (χ0) is 12.6. The lowest BCUT2D eigenvalue weighted by molar-refractivity contribution is -0.384. The van der Waals surface area contributed by atoms with E-state index in [2.05, 4.69) is 0 Å². The van der Waals surface area contributed by atoms with E-state index in [4.69, 9.17) is 10.3 Å². The van der Waals surface area contributed by atoms with Crippen molar-refractivity contribution >= 4 is 5.69 Å². The van der Waals surface area contributed by atoms with Crippen LogP contribution in [0.5, 0.6) is 11.8 Å². The van der Waals surface area contributed by atoms with E-state index in [-0.39, 0.29) is 16.0 Å². The zero-order valence-corrected chi connectivity index (χ0v) is 8.44. The lowest BCUT2D eigenvalue weighted by Crippen LogP contribution is -1.88. The highest BCUT2D eigenvalue weighted by Crippen LogP contribution is 2.35. The van der Waals surface area contributed by atoms with Gasteiger partial charge in [-0.2, -0.15) is 0 Å². The Morgan fingerprint density at radius 1 is 1.18 bits per heavy atom. The standard InChI is InChI=1S/C10H8N2O5/c13-9-5-8(10(14)11(9)15)6-1-3-7(4-2-6)12(16)17/h1-5,13-15H. The Morgan fingerprint density at radius 3 is 2.18 bits per heavy atom. The van der Waals surface area contributed by atoms with Gasteiger partial charge in [0.2, 0.25) is 11.8 Å². The van der Waals surface area contributed by atoms with Gasteiger partial charge in [-0.15, -0.1) is 4.73 Å². The molecule has 0 aliphatic rings. The van der Waals surface area contributed by atoms with Crippen LogP contribution in [0.3, 0.4) is 0 Å². The highest BCUT2D eigenvalue weighted by molar-refractivity contribution is 5.71. The van der Waals surface area contributed by atoms with Crippen molar-refractivity contribution in [1.82, 2.24) is 4.73 Å². The first-order valence-electron chi connectivity index (χ1n) is 4.58. The third kappa shape index (κ3) is 1.73. The van der Waals surface area contributed by atoms with Gasteiger partial charge in [-0.1, -0.05) is 0 Å². The summed E-state index contributed by atoms with van der Waals surface area (Å²) in [5.41, 5.74) is 0.539. The average Bonchev–Trinajstić information content (AvgIpc) is 2.57. The van der Waals surface area contributed by atoms with Crippen LogP contribution in [0.15, 0.2) is 30.3 Å². The lowest BCUT2D eigenvalue weighted by Gasteiger charge is -1.99. The molecule has 0 amide bonds. The monoisotopic (exact) mass is 236 g/mol. The summed E-state index contributed by atoms with van der Waals surface area (Å²) in [6.45, 7) is 0. The minimum atomic E-state index is -0.543. The van der Waals surface area contributed by atoms with Gasteiger partial charge in [0.05, 0.1) is 10.5 Å². The van der Waals surface area contributed by atoms with Gasteiger partial charge in [-0.25, -0.2) is 0 Å². The van der Waals surface area contributed by atoms with Crippen LogP contribution >= 0.6 is 0 Å². The van der Waals surface area contributed by atoms with E-state index in [1.54, 1.807) is 0 Å². The van der Waals surface area contributed by atoms with Crippen molar-refractivity contribution in [2.45, 2.75) is 0 Å². The molecular formula is C10H8N2O5. The summed E-state index contributed by atoms with van der Waals surface area (Å²) in [6, 6.07) is 6.50. The zero-order valence-electron chi connectivity index (χ0n) is 8.44. The maximum Gasteiger partial charge on any atom is 0.269 e. The normalized spacial score (nSPS) is 10.4. The molecule has 0 unspecified atom stereocenters. The first-order chi connectivity index (χ1) is 8.00. The minimum absolute atomic E-state index is 0.0825. The molecule has 1 heterocycles. The van der Waals surface area contributed by atoms with Gasteiger partial charge in [0.1, 0.15) is 0 Å². The maximum atomic E-state index is 10.4. The molecule has 1 aromatic heterocycles. The van der Waals surface area contributed by atoms with Crippen molar-refractivity contribution in [2.24, 2.45) is 0 Å². The Labute approximate surface area is 94.9 Å².